The van der Waals surface area contributed by atoms with Crippen molar-refractivity contribution in [3.63, 3.8) is 0 Å². The molecule has 0 saturated carbocycles. The van der Waals surface area contributed by atoms with E-state index in [4.69, 9.17) is 10.5 Å². The minimum absolute atomic E-state index is 0.172. The van der Waals surface area contributed by atoms with Gasteiger partial charge in [-0.15, -0.1) is 0 Å². The molecule has 1 aromatic carbocycles. The van der Waals surface area contributed by atoms with Crippen molar-refractivity contribution < 1.29 is 9.13 Å². The fourth-order valence-electron chi connectivity index (χ4n) is 3.38. The molecule has 1 aliphatic rings. The van der Waals surface area contributed by atoms with Gasteiger partial charge in [0.2, 0.25) is 5.95 Å². The van der Waals surface area contributed by atoms with E-state index < -0.39 is 5.82 Å². The van der Waals surface area contributed by atoms with Gasteiger partial charge in [-0.1, -0.05) is 0 Å². The number of benzene rings is 1. The van der Waals surface area contributed by atoms with Crippen LogP contribution < -0.4 is 10.5 Å². The lowest BCUT2D eigenvalue weighted by atomic mass is 10.1. The molecule has 0 unspecified atom stereocenters. The highest BCUT2D eigenvalue weighted by Gasteiger charge is 2.18. The second-order valence-corrected chi connectivity index (χ2v) is 7.46. The molecule has 4 rings (SSSR count). The van der Waals surface area contributed by atoms with Crippen LogP contribution in [0.15, 0.2) is 22.8 Å². The molecule has 0 aliphatic carbocycles. The van der Waals surface area contributed by atoms with Crippen LogP contribution >= 0.6 is 15.9 Å². The van der Waals surface area contributed by atoms with Gasteiger partial charge in [0, 0.05) is 25.4 Å². The second-order valence-electron chi connectivity index (χ2n) is 6.60. The van der Waals surface area contributed by atoms with Gasteiger partial charge >= 0.3 is 0 Å². The van der Waals surface area contributed by atoms with Crippen LogP contribution in [0.5, 0.6) is 5.75 Å². The minimum Gasteiger partial charge on any atom is -0.488 e. The summed E-state index contributed by atoms with van der Waals surface area (Å²) < 4.78 is 22.6. The van der Waals surface area contributed by atoms with Crippen LogP contribution in [-0.2, 0) is 7.05 Å². The number of nitrogens with two attached hydrogens (primary N) is 1. The van der Waals surface area contributed by atoms with Crippen molar-refractivity contribution in [2.45, 2.75) is 12.8 Å². The summed E-state index contributed by atoms with van der Waals surface area (Å²) >= 11 is 3.43. The fraction of sp³-hybridized carbons (Fsp3) is 0.389. The third-order valence-electron chi connectivity index (χ3n) is 4.72. The van der Waals surface area contributed by atoms with Crippen molar-refractivity contribution in [1.82, 2.24) is 24.6 Å². The molecule has 1 aliphatic heterocycles. The topological polar surface area (TPSA) is 82.1 Å². The summed E-state index contributed by atoms with van der Waals surface area (Å²) in [5.41, 5.74) is 7.46. The molecule has 2 aromatic heterocycles. The molecule has 0 radical (unpaired) electrons. The van der Waals surface area contributed by atoms with Gasteiger partial charge in [-0.3, -0.25) is 4.90 Å². The Morgan fingerprint density at radius 3 is 2.81 bits per heavy atom. The molecular weight excluding hydrogens is 415 g/mol. The molecule has 2 N–H and O–H groups in total. The maximum Gasteiger partial charge on any atom is 0.222 e. The number of likely N-dealkylation sites (tertiary alicyclic amines) is 1. The number of hydrogen-bond donors (Lipinski definition) is 1. The number of ether oxygens (including phenoxy) is 1. The first-order valence-electron chi connectivity index (χ1n) is 8.82. The van der Waals surface area contributed by atoms with Crippen molar-refractivity contribution in [3.8, 4) is 17.0 Å². The lowest BCUT2D eigenvalue weighted by molar-refractivity contribution is 0.230. The summed E-state index contributed by atoms with van der Waals surface area (Å²) in [5, 5.41) is 5.16. The number of nitrogens with zero attached hydrogens (tertiary/aromatic N) is 5. The predicted octanol–water partition coefficient (Wildman–Crippen LogP) is 2.99. The van der Waals surface area contributed by atoms with Gasteiger partial charge in [0.1, 0.15) is 12.3 Å². The predicted molar refractivity (Wildman–Crippen MR) is 105 cm³/mol. The Bertz CT molecular complexity index is 962. The Kier molecular flexibility index (Phi) is 4.96. The van der Waals surface area contributed by atoms with E-state index in [-0.39, 0.29) is 11.7 Å². The number of anilines is 1. The molecule has 3 heterocycles. The third-order valence-corrected chi connectivity index (χ3v) is 5.31. The van der Waals surface area contributed by atoms with Crippen molar-refractivity contribution in [2.75, 3.05) is 32.0 Å². The smallest absolute Gasteiger partial charge is 0.222 e. The highest BCUT2D eigenvalue weighted by atomic mass is 79.9. The van der Waals surface area contributed by atoms with Gasteiger partial charge in [0.15, 0.2) is 17.2 Å². The Labute approximate surface area is 164 Å². The Hall–Kier alpha value is -2.26. The highest BCUT2D eigenvalue weighted by Crippen LogP contribution is 2.35. The summed E-state index contributed by atoms with van der Waals surface area (Å²) in [5.74, 6) is -0.0409. The Morgan fingerprint density at radius 1 is 1.30 bits per heavy atom. The Balaban J connectivity index is 1.60. The maximum absolute atomic E-state index is 14.7. The fourth-order valence-corrected chi connectivity index (χ4v) is 3.93. The molecule has 0 atom stereocenters. The summed E-state index contributed by atoms with van der Waals surface area (Å²) in [6, 6.07) is 3.22. The number of rotatable bonds is 5. The van der Waals surface area contributed by atoms with E-state index in [9.17, 15) is 4.39 Å². The van der Waals surface area contributed by atoms with Gasteiger partial charge in [-0.2, -0.15) is 10.1 Å². The zero-order valence-corrected chi connectivity index (χ0v) is 16.5. The van der Waals surface area contributed by atoms with Crippen molar-refractivity contribution >= 4 is 32.9 Å². The summed E-state index contributed by atoms with van der Waals surface area (Å²) in [6.07, 6.45) is 4.05. The first-order valence-corrected chi connectivity index (χ1v) is 9.62. The normalized spacial score (nSPS) is 14.9. The van der Waals surface area contributed by atoms with Crippen LogP contribution in [0, 0.1) is 5.82 Å². The molecule has 27 heavy (non-hydrogen) atoms. The van der Waals surface area contributed by atoms with Crippen molar-refractivity contribution in [1.29, 1.82) is 0 Å². The Morgan fingerprint density at radius 2 is 2.07 bits per heavy atom. The molecule has 0 bridgehead atoms. The number of aryl methyl sites for hydroxylation is 1. The second kappa shape index (κ2) is 7.40. The van der Waals surface area contributed by atoms with Gasteiger partial charge in [-0.05, 0) is 54.0 Å². The average molecular weight is 435 g/mol. The number of nitrogen functional groups attached to an aromatic ring is 1. The highest BCUT2D eigenvalue weighted by molar-refractivity contribution is 9.10. The maximum atomic E-state index is 14.7. The van der Waals surface area contributed by atoms with Crippen LogP contribution in [0.1, 0.15) is 12.8 Å². The molecule has 142 valence electrons. The lowest BCUT2D eigenvalue weighted by Crippen LogP contribution is -2.25. The number of hydrogen-bond acceptors (Lipinski definition) is 6. The van der Waals surface area contributed by atoms with E-state index >= 15 is 0 Å². The van der Waals surface area contributed by atoms with Crippen LogP contribution in [0.25, 0.3) is 22.3 Å². The zero-order valence-electron chi connectivity index (χ0n) is 15.0. The third kappa shape index (κ3) is 3.61. The quantitative estimate of drug-likeness (QED) is 0.664. The minimum atomic E-state index is -0.434. The molecule has 0 amide bonds. The van der Waals surface area contributed by atoms with Crippen LogP contribution in [0.3, 0.4) is 0 Å². The standard InChI is InChI=1S/C18H20BrFN6O/c1-25-17-12(10-22-18(21)23-17)15(24-25)11-8-13(19)16(14(20)9-11)27-7-6-26-4-2-3-5-26/h8-10H,2-7H2,1H3,(H2,21,22,23). The number of aromatic nitrogens is 4. The van der Waals surface area contributed by atoms with Gasteiger partial charge in [-0.25, -0.2) is 14.1 Å². The van der Waals surface area contributed by atoms with E-state index in [1.807, 2.05) is 0 Å². The van der Waals surface area contributed by atoms with E-state index in [0.29, 0.717) is 33.4 Å². The van der Waals surface area contributed by atoms with Crippen LogP contribution in [-0.4, -0.2) is 50.9 Å². The van der Waals surface area contributed by atoms with Crippen LogP contribution in [0.2, 0.25) is 0 Å². The van der Waals surface area contributed by atoms with Crippen molar-refractivity contribution in [2.24, 2.45) is 7.05 Å². The summed E-state index contributed by atoms with van der Waals surface area (Å²) in [7, 11) is 1.76. The first-order chi connectivity index (χ1) is 13.0. The zero-order chi connectivity index (χ0) is 19.0. The van der Waals surface area contributed by atoms with Crippen LogP contribution in [0.4, 0.5) is 10.3 Å². The molecule has 9 heteroatoms. The van der Waals surface area contributed by atoms with Gasteiger partial charge in [0.25, 0.3) is 0 Å². The van der Waals surface area contributed by atoms with E-state index in [2.05, 4.69) is 35.9 Å². The number of fused-ring (bicyclic) bond motifs is 1. The SMILES string of the molecule is Cn1nc(-c2cc(F)c(OCCN3CCCC3)c(Br)c2)c2cnc(N)nc21. The molecule has 1 fully saturated rings. The van der Waals surface area contributed by atoms with E-state index in [1.165, 1.54) is 18.9 Å². The lowest BCUT2D eigenvalue weighted by Gasteiger charge is -2.16. The monoisotopic (exact) mass is 434 g/mol. The molecule has 1 saturated heterocycles. The summed E-state index contributed by atoms with van der Waals surface area (Å²) in [4.78, 5) is 10.5. The number of halogens is 2. The largest absolute Gasteiger partial charge is 0.488 e. The van der Waals surface area contributed by atoms with Gasteiger partial charge < -0.3 is 10.5 Å². The van der Waals surface area contributed by atoms with E-state index in [1.54, 1.807) is 24.0 Å². The molecule has 7 nitrogen and oxygen atoms in total. The van der Waals surface area contributed by atoms with E-state index in [0.717, 1.165) is 19.6 Å². The molecular formula is C18H20BrFN6O. The summed E-state index contributed by atoms with van der Waals surface area (Å²) in [6.45, 7) is 3.43. The molecule has 3 aromatic rings. The average Bonchev–Trinajstić information content (AvgIpc) is 3.25. The molecule has 0 spiro atoms. The van der Waals surface area contributed by atoms with Crippen molar-refractivity contribution in [3.05, 3.63) is 28.6 Å². The first kappa shape index (κ1) is 18.1. The van der Waals surface area contributed by atoms with Gasteiger partial charge in [0.05, 0.1) is 9.86 Å².